The normalized spacial score (nSPS) is 20.1. The van der Waals surface area contributed by atoms with Crippen molar-refractivity contribution in [2.75, 3.05) is 0 Å². The highest BCUT2D eigenvalue weighted by Crippen LogP contribution is 2.40. The third-order valence-electron chi connectivity index (χ3n) is 3.10. The molecule has 0 spiro atoms. The zero-order valence-corrected chi connectivity index (χ0v) is 9.11. The molecule has 0 aliphatic heterocycles. The van der Waals surface area contributed by atoms with E-state index in [1.807, 2.05) is 0 Å². The molecule has 3 N–H and O–H groups in total. The van der Waals surface area contributed by atoms with Crippen molar-refractivity contribution in [1.29, 1.82) is 0 Å². The maximum atomic E-state index is 12.8. The van der Waals surface area contributed by atoms with Crippen LogP contribution in [0.25, 0.3) is 0 Å². The summed E-state index contributed by atoms with van der Waals surface area (Å²) in [5.41, 5.74) is 4.94. The van der Waals surface area contributed by atoms with Gasteiger partial charge in [-0.05, 0) is 30.4 Å². The van der Waals surface area contributed by atoms with Crippen molar-refractivity contribution in [3.63, 3.8) is 0 Å². The third-order valence-corrected chi connectivity index (χ3v) is 3.10. The van der Waals surface area contributed by atoms with E-state index in [0.29, 0.717) is 0 Å². The molecule has 0 amide bonds. The number of rotatable bonds is 3. The molecule has 0 bridgehead atoms. The minimum atomic E-state index is -4.43. The second kappa shape index (κ2) is 4.31. The maximum absolute atomic E-state index is 12.8. The zero-order chi connectivity index (χ0) is 12.6. The highest BCUT2D eigenvalue weighted by atomic mass is 19.4. The van der Waals surface area contributed by atoms with Crippen molar-refractivity contribution in [3.05, 3.63) is 35.4 Å². The van der Waals surface area contributed by atoms with Gasteiger partial charge in [0, 0.05) is 0 Å². The van der Waals surface area contributed by atoms with Crippen LogP contribution in [0.1, 0.15) is 30.0 Å². The van der Waals surface area contributed by atoms with E-state index in [0.717, 1.165) is 18.9 Å². The lowest BCUT2D eigenvalue weighted by Crippen LogP contribution is -2.30. The fraction of sp³-hybridized carbons (Fsp3) is 0.500. The lowest BCUT2D eigenvalue weighted by atomic mass is 9.94. The predicted molar refractivity (Wildman–Crippen MR) is 57.1 cm³/mol. The summed E-state index contributed by atoms with van der Waals surface area (Å²) in [6.07, 6.45) is -3.65. The van der Waals surface area contributed by atoms with E-state index in [4.69, 9.17) is 5.73 Å². The number of alkyl halides is 3. The fourth-order valence-corrected chi connectivity index (χ4v) is 1.96. The molecule has 1 aromatic rings. The van der Waals surface area contributed by atoms with Crippen LogP contribution in [0.2, 0.25) is 0 Å². The summed E-state index contributed by atoms with van der Waals surface area (Å²) < 4.78 is 38.3. The first kappa shape index (κ1) is 12.4. The number of aliphatic hydroxyl groups is 1. The topological polar surface area (TPSA) is 46.2 Å². The van der Waals surface area contributed by atoms with E-state index in [9.17, 15) is 18.3 Å². The summed E-state index contributed by atoms with van der Waals surface area (Å²) in [6.45, 7) is 0. The van der Waals surface area contributed by atoms with Crippen LogP contribution in [-0.4, -0.2) is 11.2 Å². The van der Waals surface area contributed by atoms with Crippen molar-refractivity contribution in [2.45, 2.75) is 31.2 Å². The Balaban J connectivity index is 2.30. The summed E-state index contributed by atoms with van der Waals surface area (Å²) in [4.78, 5) is 0. The van der Waals surface area contributed by atoms with Gasteiger partial charge in [-0.25, -0.2) is 0 Å². The Bertz CT molecular complexity index is 401. The van der Waals surface area contributed by atoms with Gasteiger partial charge in [0.25, 0.3) is 0 Å². The van der Waals surface area contributed by atoms with Gasteiger partial charge >= 0.3 is 6.18 Å². The molecule has 94 valence electrons. The number of hydrogen-bond acceptors (Lipinski definition) is 2. The molecule has 1 aliphatic carbocycles. The minimum Gasteiger partial charge on any atom is -0.391 e. The minimum absolute atomic E-state index is 0.0283. The molecule has 0 saturated heterocycles. The van der Waals surface area contributed by atoms with Crippen LogP contribution >= 0.6 is 0 Å². The Morgan fingerprint density at radius 3 is 2.35 bits per heavy atom. The second-order valence-electron chi connectivity index (χ2n) is 4.44. The first-order valence-electron chi connectivity index (χ1n) is 5.51. The average molecular weight is 245 g/mol. The van der Waals surface area contributed by atoms with E-state index >= 15 is 0 Å². The lowest BCUT2D eigenvalue weighted by molar-refractivity contribution is -0.138. The molecule has 1 fully saturated rings. The molecule has 2 atom stereocenters. The Labute approximate surface area is 97.2 Å². The van der Waals surface area contributed by atoms with Gasteiger partial charge in [-0.3, -0.25) is 0 Å². The number of aliphatic hydroxyl groups excluding tert-OH is 1. The molecule has 0 unspecified atom stereocenters. The van der Waals surface area contributed by atoms with E-state index in [1.54, 1.807) is 0 Å². The second-order valence-corrected chi connectivity index (χ2v) is 4.44. The van der Waals surface area contributed by atoms with Crippen LogP contribution in [0, 0.1) is 5.92 Å². The SMILES string of the molecule is N[C@H](c1ccccc1C(F)(F)F)[C@@H](O)C1CC1. The van der Waals surface area contributed by atoms with E-state index in [2.05, 4.69) is 0 Å². The standard InChI is InChI=1S/C12H14F3NO/c13-12(14,15)9-4-2-1-3-8(9)10(16)11(17)7-5-6-7/h1-4,7,10-11,17H,5-6,16H2/t10-,11+/m1/s1. The molecule has 17 heavy (non-hydrogen) atoms. The molecule has 1 aliphatic rings. The van der Waals surface area contributed by atoms with Crippen LogP contribution in [0.4, 0.5) is 13.2 Å². The van der Waals surface area contributed by atoms with Gasteiger partial charge in [0.1, 0.15) is 0 Å². The molecule has 1 aromatic carbocycles. The Kier molecular flexibility index (Phi) is 3.14. The van der Waals surface area contributed by atoms with Crippen LogP contribution in [0.15, 0.2) is 24.3 Å². The van der Waals surface area contributed by atoms with E-state index < -0.39 is 23.9 Å². The Hall–Kier alpha value is -1.07. The maximum Gasteiger partial charge on any atom is 0.416 e. The van der Waals surface area contributed by atoms with Gasteiger partial charge in [0.2, 0.25) is 0 Å². The largest absolute Gasteiger partial charge is 0.416 e. The van der Waals surface area contributed by atoms with Gasteiger partial charge in [0.05, 0.1) is 17.7 Å². The van der Waals surface area contributed by atoms with Crippen molar-refractivity contribution >= 4 is 0 Å². The van der Waals surface area contributed by atoms with Crippen LogP contribution < -0.4 is 5.73 Å². The lowest BCUT2D eigenvalue weighted by Gasteiger charge is -2.22. The van der Waals surface area contributed by atoms with Gasteiger partial charge in [-0.15, -0.1) is 0 Å². The van der Waals surface area contributed by atoms with Gasteiger partial charge in [-0.1, -0.05) is 18.2 Å². The molecule has 2 nitrogen and oxygen atoms in total. The van der Waals surface area contributed by atoms with Crippen molar-refractivity contribution in [1.82, 2.24) is 0 Å². The molecular weight excluding hydrogens is 231 g/mol. The molecule has 0 heterocycles. The highest BCUT2D eigenvalue weighted by Gasteiger charge is 2.39. The van der Waals surface area contributed by atoms with E-state index in [-0.39, 0.29) is 11.5 Å². The molecule has 2 rings (SSSR count). The molecule has 0 radical (unpaired) electrons. The van der Waals surface area contributed by atoms with E-state index in [1.165, 1.54) is 18.2 Å². The smallest absolute Gasteiger partial charge is 0.391 e. The third kappa shape index (κ3) is 2.61. The van der Waals surface area contributed by atoms with Crippen LogP contribution in [-0.2, 0) is 6.18 Å². The summed E-state index contributed by atoms with van der Waals surface area (Å²) in [5, 5.41) is 9.81. The first-order valence-corrected chi connectivity index (χ1v) is 5.51. The Morgan fingerprint density at radius 2 is 1.82 bits per heavy atom. The number of benzene rings is 1. The summed E-state index contributed by atoms with van der Waals surface area (Å²) in [7, 11) is 0. The van der Waals surface area contributed by atoms with Crippen molar-refractivity contribution < 1.29 is 18.3 Å². The van der Waals surface area contributed by atoms with Gasteiger partial charge < -0.3 is 10.8 Å². The zero-order valence-electron chi connectivity index (χ0n) is 9.11. The number of nitrogens with two attached hydrogens (primary N) is 1. The molecular formula is C12H14F3NO. The predicted octanol–water partition coefficient (Wildman–Crippen LogP) is 2.48. The summed E-state index contributed by atoms with van der Waals surface area (Å²) >= 11 is 0. The molecule has 0 aromatic heterocycles. The van der Waals surface area contributed by atoms with Gasteiger partial charge in [0.15, 0.2) is 0 Å². The van der Waals surface area contributed by atoms with Gasteiger partial charge in [-0.2, -0.15) is 13.2 Å². The molecule has 1 saturated carbocycles. The Morgan fingerprint density at radius 1 is 1.24 bits per heavy atom. The summed E-state index contributed by atoms with van der Waals surface area (Å²) in [5.74, 6) is 0.0475. The monoisotopic (exact) mass is 245 g/mol. The average Bonchev–Trinajstić information content (AvgIpc) is 3.10. The fourth-order valence-electron chi connectivity index (χ4n) is 1.96. The van der Waals surface area contributed by atoms with Crippen LogP contribution in [0.3, 0.4) is 0 Å². The quantitative estimate of drug-likeness (QED) is 0.859. The molecule has 5 heteroatoms. The number of halogens is 3. The highest BCUT2D eigenvalue weighted by molar-refractivity contribution is 5.33. The van der Waals surface area contributed by atoms with Crippen molar-refractivity contribution in [2.24, 2.45) is 11.7 Å². The summed E-state index contributed by atoms with van der Waals surface area (Å²) in [6, 6.07) is 4.18. The number of hydrogen-bond donors (Lipinski definition) is 2. The first-order chi connectivity index (χ1) is 7.91. The van der Waals surface area contributed by atoms with Crippen LogP contribution in [0.5, 0.6) is 0 Å². The van der Waals surface area contributed by atoms with Crippen molar-refractivity contribution in [3.8, 4) is 0 Å².